The second-order valence-electron chi connectivity index (χ2n) is 6.04. The van der Waals surface area contributed by atoms with Gasteiger partial charge in [-0.2, -0.15) is 0 Å². The number of rotatable bonds is 4. The van der Waals surface area contributed by atoms with Gasteiger partial charge in [-0.1, -0.05) is 42.8 Å². The lowest BCUT2D eigenvalue weighted by Crippen LogP contribution is -2.47. The van der Waals surface area contributed by atoms with Crippen LogP contribution in [0.5, 0.6) is 0 Å². The molecule has 116 valence electrons. The summed E-state index contributed by atoms with van der Waals surface area (Å²) < 4.78 is 0. The number of likely N-dealkylation sites (N-methyl/N-ethyl adjacent to an activating group) is 1. The number of benzene rings is 1. The Morgan fingerprint density at radius 3 is 2.32 bits per heavy atom. The Morgan fingerprint density at radius 2 is 1.73 bits per heavy atom. The van der Waals surface area contributed by atoms with Gasteiger partial charge in [0.25, 0.3) is 0 Å². The maximum absolute atomic E-state index is 4.64. The SMILES string of the molecule is CCN1CCN(C(c2ccc(C)cc2)c2ccccn2)CC1. The van der Waals surface area contributed by atoms with Gasteiger partial charge in [-0.05, 0) is 31.2 Å². The minimum Gasteiger partial charge on any atom is -0.301 e. The summed E-state index contributed by atoms with van der Waals surface area (Å²) in [6, 6.07) is 15.4. The molecular weight excluding hydrogens is 270 g/mol. The molecule has 1 saturated heterocycles. The van der Waals surface area contributed by atoms with Gasteiger partial charge in [-0.15, -0.1) is 0 Å². The molecule has 0 spiro atoms. The van der Waals surface area contributed by atoms with Crippen molar-refractivity contribution in [3.05, 3.63) is 65.5 Å². The van der Waals surface area contributed by atoms with Crippen LogP contribution in [-0.4, -0.2) is 47.5 Å². The van der Waals surface area contributed by atoms with Crippen LogP contribution in [0.25, 0.3) is 0 Å². The Hall–Kier alpha value is -1.71. The van der Waals surface area contributed by atoms with Gasteiger partial charge in [0.2, 0.25) is 0 Å². The van der Waals surface area contributed by atoms with Crippen molar-refractivity contribution < 1.29 is 0 Å². The molecule has 0 N–H and O–H groups in total. The van der Waals surface area contributed by atoms with Gasteiger partial charge in [0.15, 0.2) is 0 Å². The molecule has 1 aromatic heterocycles. The van der Waals surface area contributed by atoms with Crippen molar-refractivity contribution >= 4 is 0 Å². The van der Waals surface area contributed by atoms with Gasteiger partial charge in [0.05, 0.1) is 11.7 Å². The Morgan fingerprint density at radius 1 is 1.00 bits per heavy atom. The van der Waals surface area contributed by atoms with Crippen molar-refractivity contribution in [2.24, 2.45) is 0 Å². The molecule has 0 saturated carbocycles. The zero-order chi connectivity index (χ0) is 15.4. The fraction of sp³-hybridized carbons (Fsp3) is 0.421. The van der Waals surface area contributed by atoms with Gasteiger partial charge in [-0.3, -0.25) is 9.88 Å². The molecule has 1 aliphatic rings. The second-order valence-corrected chi connectivity index (χ2v) is 6.04. The van der Waals surface area contributed by atoms with Crippen molar-refractivity contribution in [2.45, 2.75) is 19.9 Å². The van der Waals surface area contributed by atoms with Crippen molar-refractivity contribution in [3.8, 4) is 0 Å². The average molecular weight is 295 g/mol. The lowest BCUT2D eigenvalue weighted by atomic mass is 9.99. The summed E-state index contributed by atoms with van der Waals surface area (Å²) in [6.07, 6.45) is 1.90. The molecule has 1 aliphatic heterocycles. The molecule has 1 aromatic carbocycles. The van der Waals surface area contributed by atoms with Crippen LogP contribution >= 0.6 is 0 Å². The molecule has 2 heterocycles. The number of hydrogen-bond acceptors (Lipinski definition) is 3. The highest BCUT2D eigenvalue weighted by molar-refractivity contribution is 5.30. The summed E-state index contributed by atoms with van der Waals surface area (Å²) in [5.74, 6) is 0. The fourth-order valence-corrected chi connectivity index (χ4v) is 3.19. The van der Waals surface area contributed by atoms with E-state index in [1.807, 2.05) is 12.3 Å². The first-order chi connectivity index (χ1) is 10.8. The molecule has 1 unspecified atom stereocenters. The summed E-state index contributed by atoms with van der Waals surface area (Å²) in [5, 5.41) is 0. The lowest BCUT2D eigenvalue weighted by molar-refractivity contribution is 0.112. The maximum atomic E-state index is 4.64. The van der Waals surface area contributed by atoms with Crippen LogP contribution in [0.4, 0.5) is 0 Å². The van der Waals surface area contributed by atoms with E-state index < -0.39 is 0 Å². The Bertz CT molecular complexity index is 571. The van der Waals surface area contributed by atoms with Crippen LogP contribution in [0, 0.1) is 6.92 Å². The largest absolute Gasteiger partial charge is 0.301 e. The zero-order valence-electron chi connectivity index (χ0n) is 13.6. The average Bonchev–Trinajstić information content (AvgIpc) is 2.58. The summed E-state index contributed by atoms with van der Waals surface area (Å²) >= 11 is 0. The van der Waals surface area contributed by atoms with Crippen molar-refractivity contribution in [3.63, 3.8) is 0 Å². The van der Waals surface area contributed by atoms with E-state index in [1.165, 1.54) is 11.1 Å². The van der Waals surface area contributed by atoms with E-state index in [9.17, 15) is 0 Å². The van der Waals surface area contributed by atoms with Crippen LogP contribution in [0.2, 0.25) is 0 Å². The molecule has 0 amide bonds. The predicted octanol–water partition coefficient (Wildman–Crippen LogP) is 3.12. The third-order valence-electron chi connectivity index (χ3n) is 4.58. The van der Waals surface area contributed by atoms with E-state index in [-0.39, 0.29) is 6.04 Å². The Balaban J connectivity index is 1.88. The molecule has 1 fully saturated rings. The molecule has 3 heteroatoms. The van der Waals surface area contributed by atoms with E-state index in [1.54, 1.807) is 0 Å². The van der Waals surface area contributed by atoms with Crippen LogP contribution in [0.15, 0.2) is 48.7 Å². The summed E-state index contributed by atoms with van der Waals surface area (Å²) in [6.45, 7) is 10.0. The van der Waals surface area contributed by atoms with Crippen LogP contribution < -0.4 is 0 Å². The van der Waals surface area contributed by atoms with Gasteiger partial charge in [-0.25, -0.2) is 0 Å². The minimum absolute atomic E-state index is 0.265. The molecule has 0 aliphatic carbocycles. The van der Waals surface area contributed by atoms with E-state index >= 15 is 0 Å². The number of nitrogens with zero attached hydrogens (tertiary/aromatic N) is 3. The molecular formula is C19H25N3. The maximum Gasteiger partial charge on any atom is 0.0777 e. The van der Waals surface area contributed by atoms with Crippen molar-refractivity contribution in [2.75, 3.05) is 32.7 Å². The topological polar surface area (TPSA) is 19.4 Å². The second kappa shape index (κ2) is 7.03. The molecule has 3 rings (SSSR count). The standard InChI is InChI=1S/C19H25N3/c1-3-21-12-14-22(15-13-21)19(18-6-4-5-11-20-18)17-9-7-16(2)8-10-17/h4-11,19H,3,12-15H2,1-2H3. The van der Waals surface area contributed by atoms with Gasteiger partial charge >= 0.3 is 0 Å². The third-order valence-corrected chi connectivity index (χ3v) is 4.58. The molecule has 22 heavy (non-hydrogen) atoms. The molecule has 3 nitrogen and oxygen atoms in total. The number of aromatic nitrogens is 1. The highest BCUT2D eigenvalue weighted by atomic mass is 15.3. The summed E-state index contributed by atoms with van der Waals surface area (Å²) in [4.78, 5) is 9.72. The molecule has 0 radical (unpaired) electrons. The van der Waals surface area contributed by atoms with Gasteiger partial charge in [0.1, 0.15) is 0 Å². The van der Waals surface area contributed by atoms with E-state index in [4.69, 9.17) is 0 Å². The summed E-state index contributed by atoms with van der Waals surface area (Å²) in [5.41, 5.74) is 3.80. The van der Waals surface area contributed by atoms with Crippen LogP contribution in [-0.2, 0) is 0 Å². The van der Waals surface area contributed by atoms with E-state index in [0.717, 1.165) is 38.4 Å². The highest BCUT2D eigenvalue weighted by Crippen LogP contribution is 2.28. The third kappa shape index (κ3) is 3.37. The number of aryl methyl sites for hydroxylation is 1. The smallest absolute Gasteiger partial charge is 0.0777 e. The van der Waals surface area contributed by atoms with Crippen LogP contribution in [0.1, 0.15) is 29.8 Å². The van der Waals surface area contributed by atoms with Gasteiger partial charge < -0.3 is 4.90 Å². The quantitative estimate of drug-likeness (QED) is 0.864. The highest BCUT2D eigenvalue weighted by Gasteiger charge is 2.26. The number of hydrogen-bond donors (Lipinski definition) is 0. The predicted molar refractivity (Wildman–Crippen MR) is 90.9 cm³/mol. The van der Waals surface area contributed by atoms with Crippen molar-refractivity contribution in [1.82, 2.24) is 14.8 Å². The number of pyridine rings is 1. The van der Waals surface area contributed by atoms with Crippen LogP contribution in [0.3, 0.4) is 0 Å². The first kappa shape index (κ1) is 15.2. The minimum atomic E-state index is 0.265. The van der Waals surface area contributed by atoms with E-state index in [2.05, 4.69) is 65.0 Å². The first-order valence-electron chi connectivity index (χ1n) is 8.22. The Labute approximate surface area is 133 Å². The first-order valence-corrected chi connectivity index (χ1v) is 8.22. The monoisotopic (exact) mass is 295 g/mol. The van der Waals surface area contributed by atoms with Crippen molar-refractivity contribution in [1.29, 1.82) is 0 Å². The molecule has 1 atom stereocenters. The van der Waals surface area contributed by atoms with E-state index in [0.29, 0.717) is 0 Å². The lowest BCUT2D eigenvalue weighted by Gasteiger charge is -2.39. The number of piperazine rings is 1. The molecule has 2 aromatic rings. The Kier molecular flexibility index (Phi) is 4.86. The summed E-state index contributed by atoms with van der Waals surface area (Å²) in [7, 11) is 0. The molecule has 0 bridgehead atoms. The normalized spacial score (nSPS) is 18.3. The zero-order valence-corrected chi connectivity index (χ0v) is 13.6. The van der Waals surface area contributed by atoms with Gasteiger partial charge in [0, 0.05) is 32.4 Å². The fourth-order valence-electron chi connectivity index (χ4n) is 3.19.